The summed E-state index contributed by atoms with van der Waals surface area (Å²) in [5.74, 6) is 0. The van der Waals surface area contributed by atoms with Crippen LogP contribution in [-0.2, 0) is 55.6 Å². The third kappa shape index (κ3) is 8.91. The summed E-state index contributed by atoms with van der Waals surface area (Å²) in [6, 6.07) is 0. The van der Waals surface area contributed by atoms with Gasteiger partial charge in [0, 0.05) is 96.0 Å². The van der Waals surface area contributed by atoms with Crippen molar-refractivity contribution in [3.8, 4) is 0 Å². The van der Waals surface area contributed by atoms with Gasteiger partial charge in [-0.25, -0.2) is 0 Å². The van der Waals surface area contributed by atoms with Crippen LogP contribution in [0, 0.1) is 40.4 Å². The molecule has 0 saturated heterocycles. The predicted octanol–water partition coefficient (Wildman–Crippen LogP) is -0.00750. The van der Waals surface area contributed by atoms with Crippen LogP contribution in [0.2, 0.25) is 0 Å². The quantitative estimate of drug-likeness (QED) is 0.552. The molecule has 0 aliphatic carbocycles. The molecule has 0 aromatic heterocycles. The molecule has 0 aliphatic heterocycles. The van der Waals surface area contributed by atoms with E-state index in [1.807, 2.05) is 0 Å². The molecule has 0 aromatic carbocycles. The first-order valence-corrected chi connectivity index (χ1v) is 0. The van der Waals surface area contributed by atoms with Gasteiger partial charge in [0.05, 0.1) is 0 Å². The Hall–Kier alpha value is 3.08. The summed E-state index contributed by atoms with van der Waals surface area (Å²) >= 11 is 0. The van der Waals surface area contributed by atoms with Crippen molar-refractivity contribution in [3.05, 3.63) is 0 Å². The van der Waals surface area contributed by atoms with Crippen molar-refractivity contribution < 1.29 is 96.0 Å². The topological polar surface area (TPSA) is 0 Å². The molecule has 0 spiro atoms. The second kappa shape index (κ2) is 16.5. The zero-order valence-corrected chi connectivity index (χ0v) is 7.92. The van der Waals surface area contributed by atoms with Crippen LogP contribution in [0.4, 0.5) is 0 Å². The molecule has 0 aliphatic rings. The molecule has 0 atom stereocenters. The van der Waals surface area contributed by atoms with Gasteiger partial charge in [-0.3, -0.25) is 0 Å². The molecule has 0 saturated carbocycles. The van der Waals surface area contributed by atoms with E-state index in [0.717, 1.165) is 0 Å². The summed E-state index contributed by atoms with van der Waals surface area (Å²) in [5.41, 5.74) is 0. The molecular formula is CoFeSmTi. The van der Waals surface area contributed by atoms with Crippen LogP contribution in [0.5, 0.6) is 0 Å². The van der Waals surface area contributed by atoms with Crippen LogP contribution >= 0.6 is 0 Å². The summed E-state index contributed by atoms with van der Waals surface area (Å²) < 4.78 is 0. The Morgan fingerprint density at radius 3 is 1.00 bits per heavy atom. The Morgan fingerprint density at radius 2 is 1.00 bits per heavy atom. The van der Waals surface area contributed by atoms with E-state index < -0.39 is 0 Å². The van der Waals surface area contributed by atoms with Crippen molar-refractivity contribution in [2.24, 2.45) is 0 Å². The van der Waals surface area contributed by atoms with Gasteiger partial charge < -0.3 is 0 Å². The van der Waals surface area contributed by atoms with E-state index in [4.69, 9.17) is 0 Å². The first-order chi connectivity index (χ1) is 0. The minimum absolute atomic E-state index is 0. The Labute approximate surface area is 93.9 Å². The van der Waals surface area contributed by atoms with Gasteiger partial charge >= 0.3 is 0 Å². The molecule has 4 heavy (non-hydrogen) atoms. The average Bonchev–Trinajstić information content (AvgIpc) is 0. The van der Waals surface area contributed by atoms with Gasteiger partial charge in [-0.2, -0.15) is 0 Å². The molecular weight excluding hydrogens is 313 g/mol. The minimum Gasteiger partial charge on any atom is 0 e. The van der Waals surface area contributed by atoms with E-state index in [2.05, 4.69) is 0 Å². The van der Waals surface area contributed by atoms with Gasteiger partial charge in [-0.1, -0.05) is 0 Å². The number of rotatable bonds is 0. The number of hydrogen-bond acceptors (Lipinski definition) is 0. The molecule has 0 unspecified atom stereocenters. The molecule has 1 radical (unpaired) electrons. The second-order valence-electron chi connectivity index (χ2n) is 0. The standard InChI is InChI=1S/Co.Fe.Sm.Ti. The minimum atomic E-state index is 0. The first kappa shape index (κ1) is 27.6. The normalized spacial score (nSPS) is 0. The van der Waals surface area contributed by atoms with E-state index in [0.29, 0.717) is 0 Å². The Kier molecular flexibility index (Phi) is 114. The van der Waals surface area contributed by atoms with Gasteiger partial charge in [0.15, 0.2) is 0 Å². The van der Waals surface area contributed by atoms with Gasteiger partial charge in [-0.15, -0.1) is 0 Å². The van der Waals surface area contributed by atoms with Crippen molar-refractivity contribution in [1.29, 1.82) is 0 Å². The van der Waals surface area contributed by atoms with Crippen LogP contribution in [0.15, 0.2) is 0 Å². The molecule has 0 bridgehead atoms. The predicted molar refractivity (Wildman–Crippen MR) is 0 cm³/mol. The molecule has 0 heterocycles. The maximum absolute atomic E-state index is 0. The van der Waals surface area contributed by atoms with Crippen LogP contribution in [-0.4, -0.2) is 0 Å². The van der Waals surface area contributed by atoms with E-state index >= 15 is 0 Å². The fraction of sp³-hybridized carbons (Fsp3) is 0. The van der Waals surface area contributed by atoms with Crippen molar-refractivity contribution in [2.75, 3.05) is 0 Å². The zero-order valence-electron chi connectivity index (χ0n) is 1.60. The van der Waals surface area contributed by atoms with E-state index in [9.17, 15) is 0 Å². The van der Waals surface area contributed by atoms with Crippen molar-refractivity contribution in [3.63, 3.8) is 0 Å². The maximum atomic E-state index is 0. The molecule has 0 rings (SSSR count). The zero-order chi connectivity index (χ0) is 0. The largest absolute Gasteiger partial charge is 0 e. The molecule has 0 N–H and O–H groups in total. The summed E-state index contributed by atoms with van der Waals surface area (Å²) in [6.07, 6.45) is 0. The van der Waals surface area contributed by atoms with Gasteiger partial charge in [0.1, 0.15) is 0 Å². The fourth-order valence-corrected chi connectivity index (χ4v) is 0. The smallest absolute Gasteiger partial charge is 0 e. The van der Waals surface area contributed by atoms with Gasteiger partial charge in [-0.05, 0) is 0 Å². The monoisotopic (exact) mass is 315 g/mol. The average molecular weight is 313 g/mol. The fourth-order valence-electron chi connectivity index (χ4n) is 0. The third-order valence-electron chi connectivity index (χ3n) is 0. The molecule has 27 valence electrons. The maximum Gasteiger partial charge on any atom is 0 e. The molecule has 0 aromatic rings. The summed E-state index contributed by atoms with van der Waals surface area (Å²) in [5, 5.41) is 0. The van der Waals surface area contributed by atoms with Crippen molar-refractivity contribution >= 4 is 0 Å². The summed E-state index contributed by atoms with van der Waals surface area (Å²) in [6.45, 7) is 0. The van der Waals surface area contributed by atoms with Gasteiger partial charge in [0.25, 0.3) is 0 Å². The third-order valence-corrected chi connectivity index (χ3v) is 0. The Morgan fingerprint density at radius 1 is 1.00 bits per heavy atom. The summed E-state index contributed by atoms with van der Waals surface area (Å²) in [4.78, 5) is 0. The molecule has 0 nitrogen and oxygen atoms in total. The van der Waals surface area contributed by atoms with Crippen LogP contribution in [0.3, 0.4) is 0 Å². The Bertz CT molecular complexity index is 8.00. The van der Waals surface area contributed by atoms with Crippen molar-refractivity contribution in [2.45, 2.75) is 0 Å². The summed E-state index contributed by atoms with van der Waals surface area (Å²) in [7, 11) is 0. The molecule has 0 amide bonds. The first-order valence-electron chi connectivity index (χ1n) is 0. The number of hydrogen-bond donors (Lipinski definition) is 0. The van der Waals surface area contributed by atoms with Crippen molar-refractivity contribution in [1.82, 2.24) is 0 Å². The van der Waals surface area contributed by atoms with E-state index in [1.54, 1.807) is 0 Å². The van der Waals surface area contributed by atoms with Crippen LogP contribution in [0.25, 0.3) is 0 Å². The van der Waals surface area contributed by atoms with Gasteiger partial charge in [0.2, 0.25) is 0 Å². The molecule has 4 heteroatoms. The SMILES string of the molecule is [Co].[Fe].[Sm].[Ti]. The van der Waals surface area contributed by atoms with Crippen LogP contribution < -0.4 is 0 Å². The van der Waals surface area contributed by atoms with E-state index in [-0.39, 0.29) is 96.0 Å². The van der Waals surface area contributed by atoms with E-state index in [1.165, 1.54) is 0 Å². The second-order valence-corrected chi connectivity index (χ2v) is 0. The molecule has 0 fully saturated rings. The Balaban J connectivity index is 0. The van der Waals surface area contributed by atoms with Crippen LogP contribution in [0.1, 0.15) is 0 Å².